The van der Waals surface area contributed by atoms with E-state index >= 15 is 0 Å². The van der Waals surface area contributed by atoms with E-state index < -0.39 is 0 Å². The van der Waals surface area contributed by atoms with Crippen LogP contribution in [0, 0.1) is 0 Å². The Morgan fingerprint density at radius 2 is 2.14 bits per heavy atom. The van der Waals surface area contributed by atoms with Gasteiger partial charge < -0.3 is 15.4 Å². The summed E-state index contributed by atoms with van der Waals surface area (Å²) in [6.07, 6.45) is 0.784. The molecule has 4 nitrogen and oxygen atoms in total. The molecule has 1 aliphatic heterocycles. The number of halogens is 1. The van der Waals surface area contributed by atoms with Crippen molar-refractivity contribution in [2.24, 2.45) is 0 Å². The molecule has 0 aromatic heterocycles. The van der Waals surface area contributed by atoms with E-state index in [0.29, 0.717) is 17.9 Å². The fourth-order valence-electron chi connectivity index (χ4n) is 2.66. The van der Waals surface area contributed by atoms with Gasteiger partial charge in [0.2, 0.25) is 0 Å². The van der Waals surface area contributed by atoms with Crippen LogP contribution in [0.4, 0.5) is 11.4 Å². The highest BCUT2D eigenvalue weighted by atomic mass is 79.9. The largest absolute Gasteiger partial charge is 0.496 e. The van der Waals surface area contributed by atoms with E-state index in [0.717, 1.165) is 27.8 Å². The molecule has 0 unspecified atom stereocenters. The Balaban J connectivity index is 2.01. The summed E-state index contributed by atoms with van der Waals surface area (Å²) in [7, 11) is 1.56. The van der Waals surface area contributed by atoms with Crippen molar-refractivity contribution in [2.75, 3.05) is 24.3 Å². The lowest BCUT2D eigenvalue weighted by Crippen LogP contribution is -2.29. The number of anilines is 2. The number of nitrogens with zero attached hydrogens (tertiary/aromatic N) is 1. The molecule has 5 heteroatoms. The van der Waals surface area contributed by atoms with Crippen molar-refractivity contribution in [1.82, 2.24) is 0 Å². The molecule has 108 valence electrons. The monoisotopic (exact) mass is 346 g/mol. The van der Waals surface area contributed by atoms with Crippen LogP contribution in [0.3, 0.4) is 0 Å². The number of carbonyl (C=O) groups excluding carboxylic acids is 1. The summed E-state index contributed by atoms with van der Waals surface area (Å²) >= 11 is 3.38. The zero-order valence-corrected chi connectivity index (χ0v) is 13.2. The third kappa shape index (κ3) is 2.38. The molecule has 0 atom stereocenters. The molecule has 0 fully saturated rings. The van der Waals surface area contributed by atoms with Crippen molar-refractivity contribution < 1.29 is 9.53 Å². The summed E-state index contributed by atoms with van der Waals surface area (Å²) in [6.45, 7) is 0.640. The first kappa shape index (κ1) is 13.9. The minimum Gasteiger partial charge on any atom is -0.496 e. The van der Waals surface area contributed by atoms with E-state index in [-0.39, 0.29) is 5.91 Å². The van der Waals surface area contributed by atoms with Gasteiger partial charge in [-0.15, -0.1) is 0 Å². The molecule has 0 radical (unpaired) electrons. The predicted octanol–water partition coefficient (Wildman–Crippen LogP) is 3.24. The van der Waals surface area contributed by atoms with E-state index in [4.69, 9.17) is 10.5 Å². The minimum atomic E-state index is -0.0660. The van der Waals surface area contributed by atoms with Crippen LogP contribution in [0.15, 0.2) is 40.9 Å². The maximum Gasteiger partial charge on any atom is 0.262 e. The molecule has 0 aliphatic carbocycles. The summed E-state index contributed by atoms with van der Waals surface area (Å²) < 4.78 is 6.19. The van der Waals surface area contributed by atoms with Gasteiger partial charge in [0.05, 0.1) is 12.7 Å². The Morgan fingerprint density at radius 1 is 1.33 bits per heavy atom. The maximum atomic E-state index is 12.8. The number of ether oxygens (including phenoxy) is 1. The Morgan fingerprint density at radius 3 is 2.90 bits per heavy atom. The van der Waals surface area contributed by atoms with Gasteiger partial charge in [0.15, 0.2) is 0 Å². The van der Waals surface area contributed by atoms with Crippen molar-refractivity contribution in [3.63, 3.8) is 0 Å². The van der Waals surface area contributed by atoms with Gasteiger partial charge >= 0.3 is 0 Å². The van der Waals surface area contributed by atoms with E-state index in [9.17, 15) is 4.79 Å². The molecule has 0 saturated carbocycles. The number of nitrogens with two attached hydrogens (primary N) is 1. The van der Waals surface area contributed by atoms with Crippen LogP contribution in [-0.4, -0.2) is 19.6 Å². The molecule has 0 saturated heterocycles. The molecule has 2 aromatic rings. The van der Waals surface area contributed by atoms with E-state index in [1.807, 2.05) is 24.3 Å². The zero-order valence-electron chi connectivity index (χ0n) is 11.6. The van der Waals surface area contributed by atoms with Crippen molar-refractivity contribution in [1.29, 1.82) is 0 Å². The van der Waals surface area contributed by atoms with Gasteiger partial charge in [-0.05, 0) is 36.8 Å². The van der Waals surface area contributed by atoms with Crippen LogP contribution < -0.4 is 15.4 Å². The lowest BCUT2D eigenvalue weighted by Gasteiger charge is -2.19. The Labute approximate surface area is 131 Å². The standard InChI is InChI=1S/C16H15BrN2O2/c1-21-15-9-10(17)5-6-12(15)16(20)19-8-7-11-13(18)3-2-4-14(11)19/h2-6,9H,7-8,18H2,1H3. The van der Waals surface area contributed by atoms with Gasteiger partial charge in [0, 0.05) is 28.0 Å². The molecule has 21 heavy (non-hydrogen) atoms. The van der Waals surface area contributed by atoms with Crippen LogP contribution >= 0.6 is 15.9 Å². The first-order chi connectivity index (χ1) is 10.1. The first-order valence-electron chi connectivity index (χ1n) is 6.64. The van der Waals surface area contributed by atoms with Crippen molar-refractivity contribution in [3.8, 4) is 5.75 Å². The Hall–Kier alpha value is -2.01. The van der Waals surface area contributed by atoms with Gasteiger partial charge in [0.1, 0.15) is 5.75 Å². The fourth-order valence-corrected chi connectivity index (χ4v) is 3.00. The lowest BCUT2D eigenvalue weighted by atomic mass is 10.1. The number of carbonyl (C=O) groups is 1. The van der Waals surface area contributed by atoms with Crippen LogP contribution in [0.25, 0.3) is 0 Å². The van der Waals surface area contributed by atoms with Crippen molar-refractivity contribution >= 4 is 33.2 Å². The Kier molecular flexibility index (Phi) is 3.59. The van der Waals surface area contributed by atoms with Crippen LogP contribution in [0.1, 0.15) is 15.9 Å². The minimum absolute atomic E-state index is 0.0660. The number of nitrogen functional groups attached to an aromatic ring is 1. The van der Waals surface area contributed by atoms with Crippen LogP contribution in [0.5, 0.6) is 5.75 Å². The number of amides is 1. The van der Waals surface area contributed by atoms with E-state index in [1.165, 1.54) is 0 Å². The quantitative estimate of drug-likeness (QED) is 0.849. The highest BCUT2D eigenvalue weighted by molar-refractivity contribution is 9.10. The second kappa shape index (κ2) is 5.41. The summed E-state index contributed by atoms with van der Waals surface area (Å²) in [5.74, 6) is 0.496. The summed E-state index contributed by atoms with van der Waals surface area (Å²) in [5, 5.41) is 0. The topological polar surface area (TPSA) is 55.6 Å². The second-order valence-electron chi connectivity index (χ2n) is 4.90. The number of rotatable bonds is 2. The molecular weight excluding hydrogens is 332 g/mol. The smallest absolute Gasteiger partial charge is 0.262 e. The molecule has 2 aromatic carbocycles. The molecule has 1 aliphatic rings. The second-order valence-corrected chi connectivity index (χ2v) is 5.81. The number of methoxy groups -OCH3 is 1. The highest BCUT2D eigenvalue weighted by Gasteiger charge is 2.28. The van der Waals surface area contributed by atoms with E-state index in [2.05, 4.69) is 15.9 Å². The maximum absolute atomic E-state index is 12.8. The predicted molar refractivity (Wildman–Crippen MR) is 86.9 cm³/mol. The molecule has 2 N–H and O–H groups in total. The number of fused-ring (bicyclic) bond motifs is 1. The molecule has 0 spiro atoms. The number of benzene rings is 2. The molecule has 1 amide bonds. The third-order valence-corrected chi connectivity index (χ3v) is 4.20. The average molecular weight is 347 g/mol. The third-order valence-electron chi connectivity index (χ3n) is 3.70. The summed E-state index contributed by atoms with van der Waals surface area (Å²) in [5.41, 5.74) is 9.21. The Bertz CT molecular complexity index is 715. The van der Waals surface area contributed by atoms with Gasteiger partial charge in [-0.3, -0.25) is 4.79 Å². The SMILES string of the molecule is COc1cc(Br)ccc1C(=O)N1CCc2c(N)cccc21. The molecular formula is C16H15BrN2O2. The highest BCUT2D eigenvalue weighted by Crippen LogP contribution is 2.34. The van der Waals surface area contributed by atoms with Gasteiger partial charge in [0.25, 0.3) is 5.91 Å². The molecule has 3 rings (SSSR count). The van der Waals surface area contributed by atoms with Crippen LogP contribution in [-0.2, 0) is 6.42 Å². The van der Waals surface area contributed by atoms with Gasteiger partial charge in [-0.25, -0.2) is 0 Å². The molecule has 1 heterocycles. The lowest BCUT2D eigenvalue weighted by molar-refractivity contribution is 0.0986. The zero-order chi connectivity index (χ0) is 15.0. The first-order valence-corrected chi connectivity index (χ1v) is 7.44. The number of hydrogen-bond acceptors (Lipinski definition) is 3. The summed E-state index contributed by atoms with van der Waals surface area (Å²) in [4.78, 5) is 14.6. The summed E-state index contributed by atoms with van der Waals surface area (Å²) in [6, 6.07) is 11.1. The fraction of sp³-hybridized carbons (Fsp3) is 0.188. The van der Waals surface area contributed by atoms with E-state index in [1.54, 1.807) is 24.1 Å². The van der Waals surface area contributed by atoms with Crippen molar-refractivity contribution in [3.05, 3.63) is 52.0 Å². The average Bonchev–Trinajstić information content (AvgIpc) is 2.92. The van der Waals surface area contributed by atoms with Crippen molar-refractivity contribution in [2.45, 2.75) is 6.42 Å². The number of hydrogen-bond donors (Lipinski definition) is 1. The van der Waals surface area contributed by atoms with Gasteiger partial charge in [-0.2, -0.15) is 0 Å². The van der Waals surface area contributed by atoms with Crippen LogP contribution in [0.2, 0.25) is 0 Å². The molecule has 0 bridgehead atoms. The van der Waals surface area contributed by atoms with Gasteiger partial charge in [-0.1, -0.05) is 22.0 Å². The normalized spacial score (nSPS) is 13.1.